The maximum absolute atomic E-state index is 5.57. The highest BCUT2D eigenvalue weighted by molar-refractivity contribution is 9.10. The van der Waals surface area contributed by atoms with Crippen LogP contribution >= 0.6 is 15.9 Å². The number of likely N-dealkylation sites (N-methyl/N-ethyl adjacent to an activating group) is 1. The number of furan rings is 1. The number of hydrogen-bond donors (Lipinski definition) is 1. The Morgan fingerprint density at radius 1 is 1.50 bits per heavy atom. The van der Waals surface area contributed by atoms with Crippen LogP contribution in [0, 0.1) is 13.8 Å². The van der Waals surface area contributed by atoms with E-state index in [0.717, 1.165) is 22.3 Å². The van der Waals surface area contributed by atoms with Crippen molar-refractivity contribution in [1.82, 2.24) is 15.1 Å². The van der Waals surface area contributed by atoms with E-state index in [4.69, 9.17) is 4.42 Å². The number of aromatic nitrogens is 2. The number of nitrogens with one attached hydrogen (secondary N) is 1. The second kappa shape index (κ2) is 5.28. The van der Waals surface area contributed by atoms with E-state index in [1.54, 1.807) is 6.26 Å². The first kappa shape index (κ1) is 13.4. The summed E-state index contributed by atoms with van der Waals surface area (Å²) in [5.41, 5.74) is 3.35. The quantitative estimate of drug-likeness (QED) is 0.944. The van der Waals surface area contributed by atoms with E-state index in [0.29, 0.717) is 0 Å². The van der Waals surface area contributed by atoms with Gasteiger partial charge in [0.2, 0.25) is 0 Å². The van der Waals surface area contributed by atoms with Crippen molar-refractivity contribution in [2.45, 2.75) is 26.3 Å². The van der Waals surface area contributed by atoms with E-state index < -0.39 is 0 Å². The number of halogens is 1. The highest BCUT2D eigenvalue weighted by Crippen LogP contribution is 2.27. The lowest BCUT2D eigenvalue weighted by Gasteiger charge is -2.15. The first-order valence-electron chi connectivity index (χ1n) is 5.93. The molecule has 1 unspecified atom stereocenters. The summed E-state index contributed by atoms with van der Waals surface area (Å²) in [6.07, 6.45) is 2.57. The normalized spacial score (nSPS) is 12.9. The summed E-state index contributed by atoms with van der Waals surface area (Å²) in [4.78, 5) is 0. The van der Waals surface area contributed by atoms with Crippen molar-refractivity contribution in [3.63, 3.8) is 0 Å². The molecule has 98 valence electrons. The third-order valence-electron chi connectivity index (χ3n) is 3.23. The van der Waals surface area contributed by atoms with E-state index in [1.807, 2.05) is 31.8 Å². The summed E-state index contributed by atoms with van der Waals surface area (Å²) in [6.45, 7) is 4.06. The molecule has 4 nitrogen and oxygen atoms in total. The first-order valence-corrected chi connectivity index (χ1v) is 6.73. The van der Waals surface area contributed by atoms with Crippen molar-refractivity contribution in [3.8, 4) is 0 Å². The smallest absolute Gasteiger partial charge is 0.123 e. The van der Waals surface area contributed by atoms with Crippen molar-refractivity contribution in [3.05, 3.63) is 39.5 Å². The highest BCUT2D eigenvalue weighted by Gasteiger charge is 2.20. The van der Waals surface area contributed by atoms with Gasteiger partial charge >= 0.3 is 0 Å². The molecule has 18 heavy (non-hydrogen) atoms. The molecule has 1 atom stereocenters. The Morgan fingerprint density at radius 3 is 2.67 bits per heavy atom. The van der Waals surface area contributed by atoms with Crippen LogP contribution in [0.1, 0.15) is 28.8 Å². The molecule has 5 heteroatoms. The van der Waals surface area contributed by atoms with Gasteiger partial charge in [-0.15, -0.1) is 0 Å². The minimum absolute atomic E-state index is 0.158. The minimum atomic E-state index is 0.158. The Bertz CT molecular complexity index is 544. The minimum Gasteiger partial charge on any atom is -0.467 e. The number of aryl methyl sites for hydroxylation is 3. The van der Waals surface area contributed by atoms with Crippen LogP contribution in [0.15, 0.2) is 21.2 Å². The van der Waals surface area contributed by atoms with Crippen LogP contribution < -0.4 is 5.32 Å². The molecule has 0 fully saturated rings. The van der Waals surface area contributed by atoms with Gasteiger partial charge in [-0.1, -0.05) is 0 Å². The van der Waals surface area contributed by atoms with Gasteiger partial charge in [0.15, 0.2) is 0 Å². The van der Waals surface area contributed by atoms with Crippen LogP contribution in [0.25, 0.3) is 0 Å². The summed E-state index contributed by atoms with van der Waals surface area (Å²) in [7, 11) is 3.92. The first-order chi connectivity index (χ1) is 8.54. The second-order valence-corrected chi connectivity index (χ2v) is 5.28. The van der Waals surface area contributed by atoms with E-state index in [1.165, 1.54) is 11.3 Å². The van der Waals surface area contributed by atoms with Crippen LogP contribution in [0.3, 0.4) is 0 Å². The zero-order valence-corrected chi connectivity index (χ0v) is 12.7. The Balaban J connectivity index is 2.29. The molecule has 0 aliphatic rings. The average Bonchev–Trinajstić information content (AvgIpc) is 2.84. The van der Waals surface area contributed by atoms with Gasteiger partial charge in [-0.3, -0.25) is 4.68 Å². The van der Waals surface area contributed by atoms with E-state index in [9.17, 15) is 0 Å². The van der Waals surface area contributed by atoms with Crippen molar-refractivity contribution >= 4 is 15.9 Å². The molecule has 0 spiro atoms. The monoisotopic (exact) mass is 311 g/mol. The standard InChI is InChI=1S/C13H18BrN3O/c1-8-5-6-18-13(8)10(15-3)7-11-12(14)9(2)16-17(11)4/h5-6,10,15H,7H2,1-4H3. The third kappa shape index (κ3) is 2.37. The summed E-state index contributed by atoms with van der Waals surface area (Å²) >= 11 is 3.60. The summed E-state index contributed by atoms with van der Waals surface area (Å²) < 4.78 is 8.57. The SMILES string of the molecule is CNC(Cc1c(Br)c(C)nn1C)c1occc1C. The molecule has 0 saturated carbocycles. The number of hydrogen-bond acceptors (Lipinski definition) is 3. The van der Waals surface area contributed by atoms with E-state index in [2.05, 4.69) is 33.3 Å². The Labute approximate surface area is 115 Å². The number of nitrogens with zero attached hydrogens (tertiary/aromatic N) is 2. The molecule has 1 N–H and O–H groups in total. The largest absolute Gasteiger partial charge is 0.467 e. The zero-order chi connectivity index (χ0) is 13.3. The van der Waals surface area contributed by atoms with Gasteiger partial charge in [0, 0.05) is 13.5 Å². The summed E-state index contributed by atoms with van der Waals surface area (Å²) in [5.74, 6) is 0.989. The molecule has 2 rings (SSSR count). The van der Waals surface area contributed by atoms with Gasteiger partial charge in [0.1, 0.15) is 5.76 Å². The zero-order valence-electron chi connectivity index (χ0n) is 11.1. The predicted molar refractivity (Wildman–Crippen MR) is 74.6 cm³/mol. The van der Waals surface area contributed by atoms with Crippen LogP contribution in [0.4, 0.5) is 0 Å². The van der Waals surface area contributed by atoms with Gasteiger partial charge in [-0.2, -0.15) is 5.10 Å². The summed E-state index contributed by atoms with van der Waals surface area (Å²) in [5, 5.41) is 7.71. The van der Waals surface area contributed by atoms with Gasteiger partial charge in [0.25, 0.3) is 0 Å². The molecule has 0 amide bonds. The molecular weight excluding hydrogens is 294 g/mol. The molecule has 0 radical (unpaired) electrons. The van der Waals surface area contributed by atoms with E-state index in [-0.39, 0.29) is 6.04 Å². The molecule has 2 heterocycles. The van der Waals surface area contributed by atoms with Crippen molar-refractivity contribution in [2.75, 3.05) is 7.05 Å². The fourth-order valence-corrected chi connectivity index (χ4v) is 2.66. The highest BCUT2D eigenvalue weighted by atomic mass is 79.9. The maximum atomic E-state index is 5.57. The van der Waals surface area contributed by atoms with Gasteiger partial charge < -0.3 is 9.73 Å². The van der Waals surface area contributed by atoms with Gasteiger partial charge in [-0.25, -0.2) is 0 Å². The van der Waals surface area contributed by atoms with E-state index >= 15 is 0 Å². The molecule has 2 aromatic heterocycles. The molecule has 0 aromatic carbocycles. The molecule has 2 aromatic rings. The van der Waals surface area contributed by atoms with Crippen LogP contribution in [-0.4, -0.2) is 16.8 Å². The second-order valence-electron chi connectivity index (χ2n) is 4.48. The summed E-state index contributed by atoms with van der Waals surface area (Å²) in [6, 6.07) is 2.15. The van der Waals surface area contributed by atoms with Crippen LogP contribution in [-0.2, 0) is 13.5 Å². The van der Waals surface area contributed by atoms with Crippen molar-refractivity contribution < 1.29 is 4.42 Å². The topological polar surface area (TPSA) is 43.0 Å². The van der Waals surface area contributed by atoms with Crippen molar-refractivity contribution in [2.24, 2.45) is 7.05 Å². The lowest BCUT2D eigenvalue weighted by Crippen LogP contribution is -2.20. The van der Waals surface area contributed by atoms with Crippen LogP contribution in [0.5, 0.6) is 0 Å². The fraction of sp³-hybridized carbons (Fsp3) is 0.462. The molecule has 0 aliphatic heterocycles. The molecule has 0 bridgehead atoms. The lowest BCUT2D eigenvalue weighted by atomic mass is 10.1. The fourth-order valence-electron chi connectivity index (χ4n) is 2.16. The number of rotatable bonds is 4. The Morgan fingerprint density at radius 2 is 2.22 bits per heavy atom. The Hall–Kier alpha value is -1.07. The van der Waals surface area contributed by atoms with Crippen LogP contribution in [0.2, 0.25) is 0 Å². The average molecular weight is 312 g/mol. The third-order valence-corrected chi connectivity index (χ3v) is 4.26. The lowest BCUT2D eigenvalue weighted by molar-refractivity contribution is 0.420. The Kier molecular flexibility index (Phi) is 3.92. The molecular formula is C13H18BrN3O. The maximum Gasteiger partial charge on any atom is 0.123 e. The predicted octanol–water partition coefficient (Wildman–Crippen LogP) is 2.90. The van der Waals surface area contributed by atoms with Gasteiger partial charge in [0.05, 0.1) is 28.2 Å². The molecule has 0 saturated heterocycles. The molecule has 0 aliphatic carbocycles. The van der Waals surface area contributed by atoms with Gasteiger partial charge in [-0.05, 0) is 48.5 Å². The van der Waals surface area contributed by atoms with Crippen molar-refractivity contribution in [1.29, 1.82) is 0 Å².